The molecule has 2 aliphatic rings. The van der Waals surface area contributed by atoms with Crippen LogP contribution < -0.4 is 4.90 Å². The molecule has 1 spiro atoms. The summed E-state index contributed by atoms with van der Waals surface area (Å²) in [5, 5.41) is 0. The summed E-state index contributed by atoms with van der Waals surface area (Å²) in [6.07, 6.45) is 6.76. The fraction of sp³-hybridized carbons (Fsp3) is 0.375. The van der Waals surface area contributed by atoms with E-state index in [1.54, 1.807) is 12.4 Å². The minimum absolute atomic E-state index is 0.0440. The van der Waals surface area contributed by atoms with Crippen LogP contribution in [-0.2, 0) is 0 Å². The SMILES string of the molecule is Cc1ccc(C(=O)N2CCC[C@]3(CCN3c3ccc4nccnc4c3)C2)c(C)c1. The highest BCUT2D eigenvalue weighted by atomic mass is 16.2. The highest BCUT2D eigenvalue weighted by molar-refractivity contribution is 5.96. The first kappa shape index (κ1) is 18.1. The van der Waals surface area contributed by atoms with E-state index < -0.39 is 0 Å². The second kappa shape index (κ2) is 6.83. The van der Waals surface area contributed by atoms with E-state index >= 15 is 0 Å². The van der Waals surface area contributed by atoms with Crippen LogP contribution in [0, 0.1) is 13.8 Å². The third kappa shape index (κ3) is 3.05. The van der Waals surface area contributed by atoms with Gasteiger partial charge in [-0.2, -0.15) is 0 Å². The van der Waals surface area contributed by atoms with Crippen molar-refractivity contribution in [3.8, 4) is 0 Å². The topological polar surface area (TPSA) is 49.3 Å². The Labute approximate surface area is 171 Å². The van der Waals surface area contributed by atoms with E-state index in [-0.39, 0.29) is 11.4 Å². The van der Waals surface area contributed by atoms with Crippen molar-refractivity contribution in [2.75, 3.05) is 24.5 Å². The third-order valence-electron chi connectivity index (χ3n) is 6.59. The van der Waals surface area contributed by atoms with Crippen LogP contribution in [0.1, 0.15) is 40.7 Å². The summed E-state index contributed by atoms with van der Waals surface area (Å²) in [7, 11) is 0. The zero-order valence-electron chi connectivity index (χ0n) is 17.1. The molecule has 2 fully saturated rings. The van der Waals surface area contributed by atoms with Gasteiger partial charge in [-0.05, 0) is 62.9 Å². The van der Waals surface area contributed by atoms with E-state index in [4.69, 9.17) is 0 Å². The predicted octanol–water partition coefficient (Wildman–Crippen LogP) is 4.13. The molecule has 0 N–H and O–H groups in total. The molecule has 1 atom stereocenters. The normalized spacial score (nSPS) is 21.4. The number of likely N-dealkylation sites (tertiary alicyclic amines) is 1. The summed E-state index contributed by atoms with van der Waals surface area (Å²) in [5.74, 6) is 0.165. The van der Waals surface area contributed by atoms with Crippen molar-refractivity contribution in [3.05, 3.63) is 65.5 Å². The van der Waals surface area contributed by atoms with E-state index in [2.05, 4.69) is 44.9 Å². The van der Waals surface area contributed by atoms with E-state index in [9.17, 15) is 4.79 Å². The van der Waals surface area contributed by atoms with Crippen molar-refractivity contribution in [2.24, 2.45) is 0 Å². The summed E-state index contributed by atoms with van der Waals surface area (Å²) in [6.45, 7) is 6.75. The smallest absolute Gasteiger partial charge is 0.254 e. The predicted molar refractivity (Wildman–Crippen MR) is 115 cm³/mol. The van der Waals surface area contributed by atoms with Crippen LogP contribution >= 0.6 is 0 Å². The lowest BCUT2D eigenvalue weighted by molar-refractivity contribution is 0.0563. The second-order valence-corrected chi connectivity index (χ2v) is 8.50. The standard InChI is InChI=1S/C24H26N4O/c1-17-4-6-20(18(2)14-17)23(29)27-12-3-8-24(16-27)9-13-28(24)19-5-7-21-22(15-19)26-11-10-25-21/h4-7,10-11,14-15H,3,8-9,12-13,16H2,1-2H3/t24-/m0/s1. The number of amides is 1. The molecule has 148 valence electrons. The quantitative estimate of drug-likeness (QED) is 0.664. The van der Waals surface area contributed by atoms with Gasteiger partial charge < -0.3 is 9.80 Å². The Balaban J connectivity index is 1.41. The Morgan fingerprint density at radius 1 is 0.966 bits per heavy atom. The van der Waals surface area contributed by atoms with Crippen molar-refractivity contribution in [1.29, 1.82) is 0 Å². The van der Waals surface area contributed by atoms with Crippen molar-refractivity contribution in [1.82, 2.24) is 14.9 Å². The average Bonchev–Trinajstić information content (AvgIpc) is 2.72. The van der Waals surface area contributed by atoms with Gasteiger partial charge in [-0.25, -0.2) is 0 Å². The first-order valence-electron chi connectivity index (χ1n) is 10.4. The summed E-state index contributed by atoms with van der Waals surface area (Å²) in [6, 6.07) is 12.4. The van der Waals surface area contributed by atoms with Crippen LogP contribution in [0.15, 0.2) is 48.8 Å². The largest absolute Gasteiger partial charge is 0.364 e. The molecule has 3 aromatic rings. The molecule has 0 aliphatic carbocycles. The number of piperidine rings is 1. The Morgan fingerprint density at radius 2 is 1.79 bits per heavy atom. The molecule has 3 heterocycles. The number of rotatable bonds is 2. The molecule has 1 aromatic heterocycles. The van der Waals surface area contributed by atoms with E-state index in [1.165, 1.54) is 11.3 Å². The van der Waals surface area contributed by atoms with Crippen molar-refractivity contribution >= 4 is 22.6 Å². The number of aromatic nitrogens is 2. The summed E-state index contributed by atoms with van der Waals surface area (Å²) < 4.78 is 0. The van der Waals surface area contributed by atoms with Crippen LogP contribution in [0.3, 0.4) is 0 Å². The number of hydrogen-bond donors (Lipinski definition) is 0. The number of anilines is 1. The number of nitrogens with zero attached hydrogens (tertiary/aromatic N) is 4. The van der Waals surface area contributed by atoms with Crippen LogP contribution in [0.25, 0.3) is 11.0 Å². The Kier molecular flexibility index (Phi) is 4.26. The van der Waals surface area contributed by atoms with Gasteiger partial charge in [0.25, 0.3) is 5.91 Å². The molecule has 29 heavy (non-hydrogen) atoms. The zero-order valence-corrected chi connectivity index (χ0v) is 17.1. The van der Waals surface area contributed by atoms with Gasteiger partial charge in [-0.3, -0.25) is 14.8 Å². The van der Waals surface area contributed by atoms with Crippen molar-refractivity contribution < 1.29 is 4.79 Å². The zero-order chi connectivity index (χ0) is 20.0. The molecular weight excluding hydrogens is 360 g/mol. The summed E-state index contributed by atoms with van der Waals surface area (Å²) >= 11 is 0. The molecule has 0 saturated carbocycles. The van der Waals surface area contributed by atoms with Gasteiger partial charge in [0, 0.05) is 43.3 Å². The average molecular weight is 386 g/mol. The van der Waals surface area contributed by atoms with Crippen LogP contribution in [0.5, 0.6) is 0 Å². The van der Waals surface area contributed by atoms with Crippen molar-refractivity contribution in [2.45, 2.75) is 38.6 Å². The minimum atomic E-state index is 0.0440. The monoisotopic (exact) mass is 386 g/mol. The molecule has 2 aromatic carbocycles. The molecule has 1 amide bonds. The number of aryl methyl sites for hydroxylation is 2. The van der Waals surface area contributed by atoms with Gasteiger partial charge in [0.05, 0.1) is 16.6 Å². The maximum atomic E-state index is 13.3. The fourth-order valence-electron chi connectivity index (χ4n) is 5.00. The molecule has 2 saturated heterocycles. The second-order valence-electron chi connectivity index (χ2n) is 8.50. The van der Waals surface area contributed by atoms with Gasteiger partial charge in [0.2, 0.25) is 0 Å². The van der Waals surface area contributed by atoms with E-state index in [0.717, 1.165) is 61.1 Å². The lowest BCUT2D eigenvalue weighted by atomic mass is 9.77. The molecule has 2 aliphatic heterocycles. The van der Waals surface area contributed by atoms with Gasteiger partial charge in [-0.1, -0.05) is 17.7 Å². The van der Waals surface area contributed by atoms with Crippen LogP contribution in [0.2, 0.25) is 0 Å². The number of hydrogen-bond acceptors (Lipinski definition) is 4. The Bertz CT molecular complexity index is 1100. The third-order valence-corrected chi connectivity index (χ3v) is 6.59. The number of fused-ring (bicyclic) bond motifs is 1. The molecule has 0 unspecified atom stereocenters. The minimum Gasteiger partial charge on any atom is -0.364 e. The van der Waals surface area contributed by atoms with Gasteiger partial charge in [0.1, 0.15) is 0 Å². The first-order chi connectivity index (χ1) is 14.1. The molecule has 5 rings (SSSR count). The number of benzene rings is 2. The molecule has 0 radical (unpaired) electrons. The van der Waals surface area contributed by atoms with Crippen LogP contribution in [-0.4, -0.2) is 45.9 Å². The number of carbonyl (C=O) groups is 1. The maximum Gasteiger partial charge on any atom is 0.254 e. The van der Waals surface area contributed by atoms with E-state index in [1.807, 2.05) is 25.1 Å². The van der Waals surface area contributed by atoms with E-state index in [0.29, 0.717) is 0 Å². The van der Waals surface area contributed by atoms with Gasteiger partial charge >= 0.3 is 0 Å². The van der Waals surface area contributed by atoms with Crippen LogP contribution in [0.4, 0.5) is 5.69 Å². The highest BCUT2D eigenvalue weighted by Gasteiger charge is 2.48. The number of carbonyl (C=O) groups excluding carboxylic acids is 1. The molecule has 5 heteroatoms. The molecule has 5 nitrogen and oxygen atoms in total. The maximum absolute atomic E-state index is 13.3. The Hall–Kier alpha value is -2.95. The highest BCUT2D eigenvalue weighted by Crippen LogP contribution is 2.42. The molecular formula is C24H26N4O. The first-order valence-corrected chi connectivity index (χ1v) is 10.4. The van der Waals surface area contributed by atoms with Crippen molar-refractivity contribution in [3.63, 3.8) is 0 Å². The Morgan fingerprint density at radius 3 is 2.55 bits per heavy atom. The fourth-order valence-corrected chi connectivity index (χ4v) is 5.00. The summed E-state index contributed by atoms with van der Waals surface area (Å²) in [5.41, 5.74) is 6.16. The van der Waals surface area contributed by atoms with Gasteiger partial charge in [-0.15, -0.1) is 0 Å². The van der Waals surface area contributed by atoms with Gasteiger partial charge in [0.15, 0.2) is 0 Å². The summed E-state index contributed by atoms with van der Waals surface area (Å²) in [4.78, 5) is 26.6. The lowest BCUT2D eigenvalue weighted by Crippen LogP contribution is -2.68. The lowest BCUT2D eigenvalue weighted by Gasteiger charge is -2.58. The molecule has 0 bridgehead atoms.